The number of carboxylic acid groups (broad SMARTS) is 1. The van der Waals surface area contributed by atoms with Crippen LogP contribution in [0.4, 0.5) is 13.2 Å². The third kappa shape index (κ3) is 5.47. The van der Waals surface area contributed by atoms with Crippen LogP contribution in [0.15, 0.2) is 35.2 Å². The summed E-state index contributed by atoms with van der Waals surface area (Å²) in [6, 6.07) is 5.12. The van der Waals surface area contributed by atoms with Gasteiger partial charge >= 0.3 is 12.1 Å². The van der Waals surface area contributed by atoms with Gasteiger partial charge in [-0.3, -0.25) is 14.4 Å². The van der Waals surface area contributed by atoms with E-state index < -0.39 is 12.1 Å². The van der Waals surface area contributed by atoms with Crippen molar-refractivity contribution in [2.75, 3.05) is 13.1 Å². The number of carbonyl (C=O) groups excluding carboxylic acids is 1. The third-order valence-electron chi connectivity index (χ3n) is 5.80. The standard InChI is InChI=1S/C18H25N5O2.C2HF3O2/c1-13(2)23-15(12-22-8-3-6-19-22)10-14-11-21(9-5-16(14)23)18(24)17-4-7-20-25-17;3-2(4,5)1(6)7/h3-4,6-8,13-16H,5,9-12H2,1-2H3;(H,6,7)/t14-,15+,16+;/m1./s1. The molecule has 0 saturated carbocycles. The molecule has 3 atom stereocenters. The van der Waals surface area contributed by atoms with E-state index in [1.54, 1.807) is 6.07 Å². The summed E-state index contributed by atoms with van der Waals surface area (Å²) in [7, 11) is 0. The molecule has 1 amide bonds. The number of piperidine rings is 1. The summed E-state index contributed by atoms with van der Waals surface area (Å²) < 4.78 is 38.8. The Morgan fingerprint density at radius 1 is 1.31 bits per heavy atom. The SMILES string of the molecule is CC(C)N1[C@H](Cn2cccn2)C[C@@H]2CN(C(=O)c3ccno3)CC[C@@H]21.O=C(O)C(F)(F)F. The predicted molar refractivity (Wildman–Crippen MR) is 106 cm³/mol. The molecule has 4 rings (SSSR count). The van der Waals surface area contributed by atoms with E-state index in [0.29, 0.717) is 29.8 Å². The highest BCUT2D eigenvalue weighted by Gasteiger charge is 2.45. The summed E-state index contributed by atoms with van der Waals surface area (Å²) in [5, 5.41) is 15.2. The number of amides is 1. The Kier molecular flexibility index (Phi) is 7.22. The van der Waals surface area contributed by atoms with Gasteiger partial charge in [0.25, 0.3) is 5.91 Å². The molecule has 2 saturated heterocycles. The zero-order valence-electron chi connectivity index (χ0n) is 17.8. The Labute approximate surface area is 182 Å². The van der Waals surface area contributed by atoms with Gasteiger partial charge in [0.05, 0.1) is 12.7 Å². The number of hydrogen-bond donors (Lipinski definition) is 1. The fraction of sp³-hybridized carbons (Fsp3) is 0.600. The molecule has 2 aliphatic heterocycles. The number of likely N-dealkylation sites (tertiary alicyclic amines) is 2. The van der Waals surface area contributed by atoms with Crippen LogP contribution < -0.4 is 0 Å². The number of hydrogen-bond acceptors (Lipinski definition) is 6. The first kappa shape index (κ1) is 23.8. The van der Waals surface area contributed by atoms with E-state index in [1.165, 1.54) is 6.20 Å². The molecule has 9 nitrogen and oxygen atoms in total. The molecular formula is C20H26F3N5O4. The van der Waals surface area contributed by atoms with Crippen molar-refractivity contribution >= 4 is 11.9 Å². The first-order chi connectivity index (χ1) is 15.1. The first-order valence-corrected chi connectivity index (χ1v) is 10.3. The molecule has 12 heteroatoms. The third-order valence-corrected chi connectivity index (χ3v) is 5.80. The maximum atomic E-state index is 12.6. The molecule has 0 unspecified atom stereocenters. The molecule has 4 heterocycles. The van der Waals surface area contributed by atoms with Crippen LogP contribution in [0.5, 0.6) is 0 Å². The van der Waals surface area contributed by atoms with Gasteiger partial charge in [0.15, 0.2) is 0 Å². The average molecular weight is 457 g/mol. The van der Waals surface area contributed by atoms with Gasteiger partial charge in [0.2, 0.25) is 5.76 Å². The Balaban J connectivity index is 0.000000360. The minimum Gasteiger partial charge on any atom is -0.475 e. The van der Waals surface area contributed by atoms with E-state index >= 15 is 0 Å². The van der Waals surface area contributed by atoms with Gasteiger partial charge in [0, 0.05) is 49.7 Å². The number of halogens is 3. The smallest absolute Gasteiger partial charge is 0.475 e. The minimum atomic E-state index is -5.08. The van der Waals surface area contributed by atoms with Gasteiger partial charge in [-0.2, -0.15) is 18.3 Å². The van der Waals surface area contributed by atoms with Crippen LogP contribution in [-0.2, 0) is 11.3 Å². The van der Waals surface area contributed by atoms with Crippen LogP contribution in [0, 0.1) is 5.92 Å². The molecular weight excluding hydrogens is 431 g/mol. The maximum Gasteiger partial charge on any atom is 0.490 e. The molecule has 32 heavy (non-hydrogen) atoms. The molecule has 176 valence electrons. The molecule has 1 N–H and O–H groups in total. The van der Waals surface area contributed by atoms with E-state index in [2.05, 4.69) is 29.0 Å². The second-order valence-corrected chi connectivity index (χ2v) is 8.21. The summed E-state index contributed by atoms with van der Waals surface area (Å²) >= 11 is 0. The highest BCUT2D eigenvalue weighted by molar-refractivity contribution is 5.91. The van der Waals surface area contributed by atoms with Crippen LogP contribution in [0.3, 0.4) is 0 Å². The van der Waals surface area contributed by atoms with Crippen molar-refractivity contribution in [3.05, 3.63) is 36.5 Å². The van der Waals surface area contributed by atoms with Crippen molar-refractivity contribution in [1.29, 1.82) is 0 Å². The monoisotopic (exact) mass is 457 g/mol. The lowest BCUT2D eigenvalue weighted by molar-refractivity contribution is -0.192. The number of fused-ring (bicyclic) bond motifs is 1. The van der Waals surface area contributed by atoms with Crippen molar-refractivity contribution in [3.8, 4) is 0 Å². The molecule has 2 aromatic rings. The normalized spacial score (nSPS) is 23.6. The topological polar surface area (TPSA) is 105 Å². The second kappa shape index (κ2) is 9.72. The summed E-state index contributed by atoms with van der Waals surface area (Å²) in [6.45, 7) is 7.02. The first-order valence-electron chi connectivity index (χ1n) is 10.3. The molecule has 2 fully saturated rings. The van der Waals surface area contributed by atoms with Crippen LogP contribution in [0.25, 0.3) is 0 Å². The van der Waals surface area contributed by atoms with Gasteiger partial charge in [-0.15, -0.1) is 0 Å². The van der Waals surface area contributed by atoms with Crippen molar-refractivity contribution in [2.45, 2.75) is 57.5 Å². The molecule has 0 radical (unpaired) electrons. The number of carbonyl (C=O) groups is 2. The molecule has 0 aliphatic carbocycles. The highest BCUT2D eigenvalue weighted by Crippen LogP contribution is 2.38. The van der Waals surface area contributed by atoms with Crippen molar-refractivity contribution in [3.63, 3.8) is 0 Å². The van der Waals surface area contributed by atoms with Gasteiger partial charge in [-0.1, -0.05) is 5.16 Å². The van der Waals surface area contributed by atoms with E-state index in [1.807, 2.05) is 28.0 Å². The fourth-order valence-corrected chi connectivity index (χ4v) is 4.65. The molecule has 0 aromatic carbocycles. The number of nitrogens with zero attached hydrogens (tertiary/aromatic N) is 5. The molecule has 0 spiro atoms. The Morgan fingerprint density at radius 2 is 2.03 bits per heavy atom. The number of aromatic nitrogens is 3. The van der Waals surface area contributed by atoms with Gasteiger partial charge in [-0.25, -0.2) is 4.79 Å². The lowest BCUT2D eigenvalue weighted by Crippen LogP contribution is -2.50. The van der Waals surface area contributed by atoms with Gasteiger partial charge < -0.3 is 14.5 Å². The van der Waals surface area contributed by atoms with Gasteiger partial charge in [-0.05, 0) is 38.7 Å². The zero-order chi connectivity index (χ0) is 23.5. The van der Waals surface area contributed by atoms with E-state index in [4.69, 9.17) is 14.4 Å². The molecule has 2 aliphatic rings. The predicted octanol–water partition coefficient (Wildman–Crippen LogP) is 2.52. The van der Waals surface area contributed by atoms with E-state index in [9.17, 15) is 18.0 Å². The lowest BCUT2D eigenvalue weighted by Gasteiger charge is -2.40. The van der Waals surface area contributed by atoms with Crippen LogP contribution in [0.1, 0.15) is 37.2 Å². The van der Waals surface area contributed by atoms with Crippen molar-refractivity contribution in [1.82, 2.24) is 24.7 Å². The number of rotatable bonds is 4. The Hall–Kier alpha value is -2.89. The quantitative estimate of drug-likeness (QED) is 0.752. The molecule has 0 bridgehead atoms. The van der Waals surface area contributed by atoms with Crippen molar-refractivity contribution in [2.24, 2.45) is 5.92 Å². The van der Waals surface area contributed by atoms with Gasteiger partial charge in [0.1, 0.15) is 0 Å². The largest absolute Gasteiger partial charge is 0.490 e. The van der Waals surface area contributed by atoms with E-state index in [0.717, 1.165) is 32.5 Å². The number of carboxylic acids is 1. The van der Waals surface area contributed by atoms with E-state index in [-0.39, 0.29) is 5.91 Å². The lowest BCUT2D eigenvalue weighted by atomic mass is 9.91. The van der Waals surface area contributed by atoms with Crippen LogP contribution >= 0.6 is 0 Å². The zero-order valence-corrected chi connectivity index (χ0v) is 17.8. The average Bonchev–Trinajstić information content (AvgIpc) is 3.47. The Morgan fingerprint density at radius 3 is 2.56 bits per heavy atom. The number of aliphatic carboxylic acids is 1. The minimum absolute atomic E-state index is 0.0393. The maximum absolute atomic E-state index is 12.6. The summed E-state index contributed by atoms with van der Waals surface area (Å²) in [5.41, 5.74) is 0. The second-order valence-electron chi connectivity index (χ2n) is 8.21. The summed E-state index contributed by atoms with van der Waals surface area (Å²) in [4.78, 5) is 26.0. The highest BCUT2D eigenvalue weighted by atomic mass is 19.4. The summed E-state index contributed by atoms with van der Waals surface area (Å²) in [6.07, 6.45) is 2.41. The Bertz CT molecular complexity index is 886. The van der Waals surface area contributed by atoms with Crippen LogP contribution in [0.2, 0.25) is 0 Å². The number of alkyl halides is 3. The molecule has 2 aromatic heterocycles. The summed E-state index contributed by atoms with van der Waals surface area (Å²) in [5.74, 6) is -1.95. The van der Waals surface area contributed by atoms with Crippen LogP contribution in [-0.4, -0.2) is 79.1 Å². The fourth-order valence-electron chi connectivity index (χ4n) is 4.65. The van der Waals surface area contributed by atoms with Crippen molar-refractivity contribution < 1.29 is 32.4 Å².